The monoisotopic (exact) mass is 256 g/mol. The molecule has 0 aromatic heterocycles. The molecule has 0 unspecified atom stereocenters. The lowest BCUT2D eigenvalue weighted by atomic mass is 9.96. The van der Waals surface area contributed by atoms with Crippen LogP contribution in [-0.4, -0.2) is 18.2 Å². The Balaban J connectivity index is 2.53. The van der Waals surface area contributed by atoms with Crippen LogP contribution >= 0.6 is 0 Å². The van der Waals surface area contributed by atoms with Gasteiger partial charge in [0.15, 0.2) is 0 Å². The second-order valence-corrected chi connectivity index (χ2v) is 4.52. The number of carboxylic acids is 1. The molecule has 3 nitrogen and oxygen atoms in total. The lowest BCUT2D eigenvalue weighted by Gasteiger charge is -2.10. The zero-order chi connectivity index (χ0) is 14.0. The molecule has 0 aliphatic carbocycles. The summed E-state index contributed by atoms with van der Waals surface area (Å²) < 4.78 is 5.17. The summed E-state index contributed by atoms with van der Waals surface area (Å²) in [7, 11) is 1.63. The summed E-state index contributed by atoms with van der Waals surface area (Å²) in [5.41, 5.74) is 4.08. The fraction of sp³-hybridized carbons (Fsp3) is 0.188. The van der Waals surface area contributed by atoms with Gasteiger partial charge >= 0.3 is 5.97 Å². The van der Waals surface area contributed by atoms with E-state index in [1.165, 1.54) is 0 Å². The van der Waals surface area contributed by atoms with Crippen molar-refractivity contribution in [2.24, 2.45) is 0 Å². The van der Waals surface area contributed by atoms with E-state index in [4.69, 9.17) is 9.84 Å². The first-order chi connectivity index (χ1) is 9.02. The highest BCUT2D eigenvalue weighted by Gasteiger charge is 2.10. The van der Waals surface area contributed by atoms with Gasteiger partial charge in [0.05, 0.1) is 12.7 Å². The van der Waals surface area contributed by atoms with E-state index in [0.717, 1.165) is 28.0 Å². The first kappa shape index (κ1) is 13.1. The molecule has 0 fully saturated rings. The van der Waals surface area contributed by atoms with Crippen LogP contribution in [0.15, 0.2) is 36.4 Å². The van der Waals surface area contributed by atoms with Gasteiger partial charge in [-0.15, -0.1) is 0 Å². The molecule has 98 valence electrons. The molecule has 0 spiro atoms. The largest absolute Gasteiger partial charge is 0.497 e. The van der Waals surface area contributed by atoms with Gasteiger partial charge in [0.1, 0.15) is 5.75 Å². The minimum absolute atomic E-state index is 0.340. The average molecular weight is 256 g/mol. The fourth-order valence-corrected chi connectivity index (χ4v) is 2.11. The molecule has 0 heterocycles. The van der Waals surface area contributed by atoms with Crippen molar-refractivity contribution in [2.45, 2.75) is 13.8 Å². The molecule has 0 aliphatic rings. The Morgan fingerprint density at radius 2 is 1.79 bits per heavy atom. The van der Waals surface area contributed by atoms with Crippen molar-refractivity contribution in [1.82, 2.24) is 0 Å². The van der Waals surface area contributed by atoms with E-state index >= 15 is 0 Å². The molecule has 3 heteroatoms. The number of hydrogen-bond acceptors (Lipinski definition) is 2. The highest BCUT2D eigenvalue weighted by Crippen LogP contribution is 2.28. The van der Waals surface area contributed by atoms with Crippen molar-refractivity contribution >= 4 is 5.97 Å². The van der Waals surface area contributed by atoms with Crippen molar-refractivity contribution in [3.8, 4) is 16.9 Å². The van der Waals surface area contributed by atoms with E-state index in [9.17, 15) is 4.79 Å². The van der Waals surface area contributed by atoms with Gasteiger partial charge in [-0.3, -0.25) is 0 Å². The van der Waals surface area contributed by atoms with Gasteiger partial charge in [0.25, 0.3) is 0 Å². The van der Waals surface area contributed by atoms with E-state index in [-0.39, 0.29) is 0 Å². The highest BCUT2D eigenvalue weighted by molar-refractivity contribution is 5.91. The van der Waals surface area contributed by atoms with Gasteiger partial charge in [-0.2, -0.15) is 0 Å². The summed E-state index contributed by atoms with van der Waals surface area (Å²) in [4.78, 5) is 11.2. The van der Waals surface area contributed by atoms with Crippen LogP contribution in [0.3, 0.4) is 0 Å². The van der Waals surface area contributed by atoms with E-state index in [1.54, 1.807) is 20.1 Å². The minimum atomic E-state index is -0.898. The topological polar surface area (TPSA) is 46.5 Å². The molecular formula is C16H16O3. The number of methoxy groups -OCH3 is 1. The predicted octanol–water partition coefficient (Wildman–Crippen LogP) is 3.68. The second kappa shape index (κ2) is 5.14. The van der Waals surface area contributed by atoms with E-state index in [1.807, 2.05) is 37.3 Å². The second-order valence-electron chi connectivity index (χ2n) is 4.52. The molecule has 0 saturated carbocycles. The SMILES string of the molecule is COc1ccc(-c2ccc(C)c(C(=O)O)c2)c(C)c1. The normalized spacial score (nSPS) is 10.3. The first-order valence-corrected chi connectivity index (χ1v) is 6.02. The van der Waals surface area contributed by atoms with Crippen LogP contribution in [-0.2, 0) is 0 Å². The average Bonchev–Trinajstić information content (AvgIpc) is 2.39. The molecule has 1 N–H and O–H groups in total. The molecule has 0 amide bonds. The molecule has 0 radical (unpaired) electrons. The summed E-state index contributed by atoms with van der Waals surface area (Å²) in [5, 5.41) is 9.17. The number of benzene rings is 2. The van der Waals surface area contributed by atoms with Crippen LogP contribution in [0.4, 0.5) is 0 Å². The Hall–Kier alpha value is -2.29. The van der Waals surface area contributed by atoms with Crippen molar-refractivity contribution in [1.29, 1.82) is 0 Å². The molecule has 0 bridgehead atoms. The minimum Gasteiger partial charge on any atom is -0.497 e. The highest BCUT2D eigenvalue weighted by atomic mass is 16.5. The lowest BCUT2D eigenvalue weighted by Crippen LogP contribution is -2.00. The van der Waals surface area contributed by atoms with Crippen LogP contribution in [0.1, 0.15) is 21.5 Å². The van der Waals surface area contributed by atoms with Crippen LogP contribution in [0.25, 0.3) is 11.1 Å². The Labute approximate surface area is 112 Å². The maximum Gasteiger partial charge on any atom is 0.335 e. The quantitative estimate of drug-likeness (QED) is 0.911. The summed E-state index contributed by atoms with van der Waals surface area (Å²) in [6.45, 7) is 3.78. The third-order valence-corrected chi connectivity index (χ3v) is 3.21. The summed E-state index contributed by atoms with van der Waals surface area (Å²) in [6.07, 6.45) is 0. The smallest absolute Gasteiger partial charge is 0.335 e. The molecule has 0 aliphatic heterocycles. The van der Waals surface area contributed by atoms with E-state index in [2.05, 4.69) is 0 Å². The number of carbonyl (C=O) groups is 1. The third kappa shape index (κ3) is 2.60. The van der Waals surface area contributed by atoms with Crippen molar-refractivity contribution < 1.29 is 14.6 Å². The Morgan fingerprint density at radius 1 is 1.05 bits per heavy atom. The van der Waals surface area contributed by atoms with E-state index < -0.39 is 5.97 Å². The summed E-state index contributed by atoms with van der Waals surface area (Å²) >= 11 is 0. The third-order valence-electron chi connectivity index (χ3n) is 3.21. The summed E-state index contributed by atoms with van der Waals surface area (Å²) in [5.74, 6) is -0.0997. The number of rotatable bonds is 3. The Kier molecular flexibility index (Phi) is 3.56. The molecule has 0 atom stereocenters. The molecule has 2 aromatic carbocycles. The Bertz CT molecular complexity index is 630. The predicted molar refractivity (Wildman–Crippen MR) is 74.9 cm³/mol. The van der Waals surface area contributed by atoms with E-state index in [0.29, 0.717) is 5.56 Å². The van der Waals surface area contributed by atoms with Gasteiger partial charge in [0, 0.05) is 0 Å². The molecule has 19 heavy (non-hydrogen) atoms. The van der Waals surface area contributed by atoms with Crippen LogP contribution in [0, 0.1) is 13.8 Å². The first-order valence-electron chi connectivity index (χ1n) is 6.02. The zero-order valence-corrected chi connectivity index (χ0v) is 11.2. The Morgan fingerprint density at radius 3 is 2.37 bits per heavy atom. The summed E-state index contributed by atoms with van der Waals surface area (Å²) in [6, 6.07) is 11.3. The number of ether oxygens (including phenoxy) is 1. The zero-order valence-electron chi connectivity index (χ0n) is 11.2. The van der Waals surface area contributed by atoms with Gasteiger partial charge in [-0.1, -0.05) is 18.2 Å². The van der Waals surface area contributed by atoms with Crippen molar-refractivity contribution in [3.63, 3.8) is 0 Å². The number of aromatic carboxylic acids is 1. The van der Waals surface area contributed by atoms with Crippen molar-refractivity contribution in [3.05, 3.63) is 53.1 Å². The fourth-order valence-electron chi connectivity index (χ4n) is 2.11. The maximum atomic E-state index is 11.2. The number of carboxylic acid groups (broad SMARTS) is 1. The molecule has 2 rings (SSSR count). The molecule has 2 aromatic rings. The maximum absolute atomic E-state index is 11.2. The number of hydrogen-bond donors (Lipinski definition) is 1. The van der Waals surface area contributed by atoms with Crippen molar-refractivity contribution in [2.75, 3.05) is 7.11 Å². The van der Waals surface area contributed by atoms with Gasteiger partial charge in [-0.25, -0.2) is 4.79 Å². The standard InChI is InChI=1S/C16H16O3/c1-10-4-5-12(9-15(10)16(17)18)14-7-6-13(19-3)8-11(14)2/h4-9H,1-3H3,(H,17,18). The molecule has 0 saturated heterocycles. The number of aryl methyl sites for hydroxylation is 2. The van der Waals surface area contributed by atoms with Gasteiger partial charge < -0.3 is 9.84 Å². The van der Waals surface area contributed by atoms with Crippen LogP contribution < -0.4 is 4.74 Å². The van der Waals surface area contributed by atoms with Gasteiger partial charge in [-0.05, 0) is 54.3 Å². The molecular weight excluding hydrogens is 240 g/mol. The van der Waals surface area contributed by atoms with Crippen LogP contribution in [0.2, 0.25) is 0 Å². The van der Waals surface area contributed by atoms with Crippen LogP contribution in [0.5, 0.6) is 5.75 Å². The van der Waals surface area contributed by atoms with Gasteiger partial charge in [0.2, 0.25) is 0 Å². The lowest BCUT2D eigenvalue weighted by molar-refractivity contribution is 0.0696.